The molecule has 4 aromatic carbocycles. The number of nitrogens with zero attached hydrogens (tertiary/aromatic N) is 2. The summed E-state index contributed by atoms with van der Waals surface area (Å²) >= 11 is 0. The van der Waals surface area contributed by atoms with E-state index in [2.05, 4.69) is 0 Å². The number of ether oxygens (including phenoxy) is 1. The van der Waals surface area contributed by atoms with Crippen molar-refractivity contribution in [2.45, 2.75) is 38.6 Å². The lowest BCUT2D eigenvalue weighted by Crippen LogP contribution is -2.46. The van der Waals surface area contributed by atoms with Gasteiger partial charge in [-0.05, 0) is 35.7 Å². The van der Waals surface area contributed by atoms with Gasteiger partial charge < -0.3 is 9.57 Å². The fourth-order valence-corrected chi connectivity index (χ4v) is 5.24. The number of rotatable bonds is 9. The molecule has 4 atom stereocenters. The number of amides is 2. The molecule has 5 rings (SSSR count). The first kappa shape index (κ1) is 27.8. The predicted molar refractivity (Wildman–Crippen MR) is 154 cm³/mol. The third kappa shape index (κ3) is 6.21. The number of imide groups is 1. The summed E-state index contributed by atoms with van der Waals surface area (Å²) in [4.78, 5) is 47.7. The Labute approximate surface area is 239 Å². The molecule has 0 spiro atoms. The van der Waals surface area contributed by atoms with Crippen molar-refractivity contribution in [3.05, 3.63) is 144 Å². The maximum absolute atomic E-state index is 14.1. The van der Waals surface area contributed by atoms with Crippen LogP contribution in [-0.2, 0) is 20.9 Å². The Morgan fingerprint density at radius 2 is 1.37 bits per heavy atom. The zero-order chi connectivity index (χ0) is 28.8. The number of hydroxylamine groups is 2. The minimum Gasteiger partial charge on any atom is -0.439 e. The number of hydrogen-bond donors (Lipinski definition) is 0. The normalized spacial score (nSPS) is 18.0. The molecule has 1 aliphatic heterocycles. The summed E-state index contributed by atoms with van der Waals surface area (Å²) in [6.07, 6.45) is -1.27. The highest BCUT2D eigenvalue weighted by Crippen LogP contribution is 2.37. The van der Waals surface area contributed by atoms with Gasteiger partial charge in [-0.1, -0.05) is 116 Å². The second-order valence-electron chi connectivity index (χ2n) is 10.1. The van der Waals surface area contributed by atoms with Gasteiger partial charge in [0.05, 0.1) is 30.1 Å². The highest BCUT2D eigenvalue weighted by molar-refractivity contribution is 5.95. The van der Waals surface area contributed by atoms with E-state index in [-0.39, 0.29) is 6.54 Å². The summed E-state index contributed by atoms with van der Waals surface area (Å²) in [6.45, 7) is 3.79. The molecule has 4 aromatic rings. The van der Waals surface area contributed by atoms with E-state index in [1.165, 1.54) is 4.90 Å². The zero-order valence-electron chi connectivity index (χ0n) is 23.0. The minimum atomic E-state index is -0.783. The molecule has 0 unspecified atom stereocenters. The van der Waals surface area contributed by atoms with Crippen molar-refractivity contribution >= 4 is 18.0 Å². The summed E-state index contributed by atoms with van der Waals surface area (Å²) in [5.41, 5.74) is 2.87. The van der Waals surface area contributed by atoms with Crippen LogP contribution >= 0.6 is 0 Å². The first-order valence-electron chi connectivity index (χ1n) is 13.7. The number of carbonyl (C=O) groups excluding carboxylic acids is 3. The average molecular weight is 549 g/mol. The number of carbonyl (C=O) groups is 3. The van der Waals surface area contributed by atoms with E-state index in [9.17, 15) is 14.4 Å². The van der Waals surface area contributed by atoms with Crippen LogP contribution in [0, 0.1) is 5.92 Å². The van der Waals surface area contributed by atoms with E-state index in [4.69, 9.17) is 9.57 Å². The molecule has 0 bridgehead atoms. The van der Waals surface area contributed by atoms with Crippen LogP contribution in [-0.4, -0.2) is 34.0 Å². The molecule has 1 saturated heterocycles. The molecular weight excluding hydrogens is 516 g/mol. The second kappa shape index (κ2) is 12.6. The molecule has 0 saturated carbocycles. The van der Waals surface area contributed by atoms with E-state index in [1.807, 2.05) is 104 Å². The lowest BCUT2D eigenvalue weighted by Gasteiger charge is -2.35. The fraction of sp³-hybridized carbons (Fsp3) is 0.206. The van der Waals surface area contributed by atoms with Gasteiger partial charge in [0, 0.05) is 0 Å². The molecule has 1 fully saturated rings. The Kier molecular flexibility index (Phi) is 8.56. The Balaban J connectivity index is 1.49. The van der Waals surface area contributed by atoms with Gasteiger partial charge >= 0.3 is 12.1 Å². The van der Waals surface area contributed by atoms with Crippen molar-refractivity contribution in [2.75, 3.05) is 0 Å². The first-order chi connectivity index (χ1) is 19.9. The molecule has 0 N–H and O–H groups in total. The third-order valence-corrected chi connectivity index (χ3v) is 7.34. The van der Waals surface area contributed by atoms with Crippen LogP contribution in [0.3, 0.4) is 0 Å². The van der Waals surface area contributed by atoms with Crippen molar-refractivity contribution in [1.29, 1.82) is 0 Å². The van der Waals surface area contributed by atoms with E-state index >= 15 is 0 Å². The second-order valence-corrected chi connectivity index (χ2v) is 10.1. The monoisotopic (exact) mass is 548 g/mol. The Morgan fingerprint density at radius 3 is 1.98 bits per heavy atom. The van der Waals surface area contributed by atoms with Crippen LogP contribution in [0.15, 0.2) is 121 Å². The van der Waals surface area contributed by atoms with E-state index in [1.54, 1.807) is 36.3 Å². The fourth-order valence-electron chi connectivity index (χ4n) is 5.24. The highest BCUT2D eigenvalue weighted by Gasteiger charge is 2.47. The molecule has 0 aromatic heterocycles. The van der Waals surface area contributed by atoms with Crippen LogP contribution in [0.2, 0.25) is 0 Å². The topological polar surface area (TPSA) is 76.2 Å². The Morgan fingerprint density at radius 1 is 0.829 bits per heavy atom. The van der Waals surface area contributed by atoms with Crippen molar-refractivity contribution in [2.24, 2.45) is 5.92 Å². The van der Waals surface area contributed by atoms with Crippen molar-refractivity contribution in [3.63, 3.8) is 0 Å². The summed E-state index contributed by atoms with van der Waals surface area (Å²) in [5.74, 6) is -1.74. The standard InChI is InChI=1S/C34H32N2O5/c1-24(32(37)36-25(2)31(40-34(36)39)28-19-11-5-12-20-28)30(27-17-9-4-10-18-27)35(23-26-15-7-3-8-16-26)41-33(38)29-21-13-6-14-22-29/h3-22,24-25,30-31H,23H2,1-2H3/t24-,25+,30-,31+/m0/s1. The largest absolute Gasteiger partial charge is 0.439 e. The highest BCUT2D eigenvalue weighted by atomic mass is 16.7. The van der Waals surface area contributed by atoms with Gasteiger partial charge in [-0.2, -0.15) is 0 Å². The smallest absolute Gasteiger partial charge is 0.417 e. The quantitative estimate of drug-likeness (QED) is 0.216. The van der Waals surface area contributed by atoms with Crippen molar-refractivity contribution in [3.8, 4) is 0 Å². The van der Waals surface area contributed by atoms with Crippen LogP contribution in [0.1, 0.15) is 53.0 Å². The third-order valence-electron chi connectivity index (χ3n) is 7.34. The van der Waals surface area contributed by atoms with Gasteiger partial charge in [0.15, 0.2) is 0 Å². The summed E-state index contributed by atoms with van der Waals surface area (Å²) in [6, 6.07) is 35.9. The molecule has 1 heterocycles. The SMILES string of the molecule is C[C@H](C(=O)N1C(=O)O[C@@H](c2ccccc2)[C@H]1C)[C@@H](c1ccccc1)N(Cc1ccccc1)OC(=O)c1ccccc1. The van der Waals surface area contributed by atoms with Gasteiger partial charge in [-0.25, -0.2) is 14.5 Å². The van der Waals surface area contributed by atoms with Gasteiger partial charge in [-0.15, -0.1) is 5.06 Å². The minimum absolute atomic E-state index is 0.225. The summed E-state index contributed by atoms with van der Waals surface area (Å²) in [7, 11) is 0. The van der Waals surface area contributed by atoms with E-state index in [0.717, 1.165) is 16.7 Å². The zero-order valence-corrected chi connectivity index (χ0v) is 23.0. The van der Waals surface area contributed by atoms with Crippen LogP contribution in [0.5, 0.6) is 0 Å². The lowest BCUT2D eigenvalue weighted by atomic mass is 9.91. The lowest BCUT2D eigenvalue weighted by molar-refractivity contribution is -0.168. The summed E-state index contributed by atoms with van der Waals surface area (Å²) < 4.78 is 5.67. The van der Waals surface area contributed by atoms with E-state index < -0.39 is 42.1 Å². The van der Waals surface area contributed by atoms with Crippen LogP contribution < -0.4 is 0 Å². The number of cyclic esters (lactones) is 1. The van der Waals surface area contributed by atoms with Crippen molar-refractivity contribution < 1.29 is 24.0 Å². The molecular formula is C34H32N2O5. The van der Waals surface area contributed by atoms with Crippen LogP contribution in [0.4, 0.5) is 4.79 Å². The molecule has 7 nitrogen and oxygen atoms in total. The molecule has 0 aliphatic carbocycles. The maximum Gasteiger partial charge on any atom is 0.417 e. The molecule has 7 heteroatoms. The predicted octanol–water partition coefficient (Wildman–Crippen LogP) is 6.75. The van der Waals surface area contributed by atoms with Gasteiger partial charge in [0.25, 0.3) is 0 Å². The van der Waals surface area contributed by atoms with Gasteiger partial charge in [0.2, 0.25) is 5.91 Å². The van der Waals surface area contributed by atoms with Crippen LogP contribution in [0.25, 0.3) is 0 Å². The summed E-state index contributed by atoms with van der Waals surface area (Å²) in [5, 5.41) is 1.54. The Bertz CT molecular complexity index is 1460. The van der Waals surface area contributed by atoms with E-state index in [0.29, 0.717) is 5.56 Å². The van der Waals surface area contributed by atoms with Crippen molar-refractivity contribution in [1.82, 2.24) is 9.96 Å². The molecule has 0 radical (unpaired) electrons. The Hall–Kier alpha value is -4.75. The molecule has 208 valence electrons. The van der Waals surface area contributed by atoms with Gasteiger partial charge in [0.1, 0.15) is 6.10 Å². The molecule has 2 amide bonds. The first-order valence-corrected chi connectivity index (χ1v) is 13.7. The average Bonchev–Trinajstić information content (AvgIpc) is 3.32. The van der Waals surface area contributed by atoms with Gasteiger partial charge in [-0.3, -0.25) is 4.79 Å². The molecule has 1 aliphatic rings. The maximum atomic E-state index is 14.1. The molecule has 41 heavy (non-hydrogen) atoms. The number of benzene rings is 4. The number of hydrogen-bond acceptors (Lipinski definition) is 6.